The lowest BCUT2D eigenvalue weighted by Crippen LogP contribution is -2.13. The van der Waals surface area contributed by atoms with E-state index in [1.807, 2.05) is 30.3 Å². The summed E-state index contributed by atoms with van der Waals surface area (Å²) in [6.07, 6.45) is 10.5. The summed E-state index contributed by atoms with van der Waals surface area (Å²) in [7, 11) is 0. The summed E-state index contributed by atoms with van der Waals surface area (Å²) in [6.45, 7) is 2.27. The Balaban J connectivity index is 1.63. The van der Waals surface area contributed by atoms with Crippen LogP contribution in [-0.4, -0.2) is 0 Å². The van der Waals surface area contributed by atoms with E-state index in [9.17, 15) is 4.39 Å². The van der Waals surface area contributed by atoms with Gasteiger partial charge in [-0.25, -0.2) is 4.39 Å². The highest BCUT2D eigenvalue weighted by Crippen LogP contribution is 2.38. The standard InChI is InChI=1S/C23H28BrF/c1-2-3-4-5-17-6-8-18(9-7-17)20-12-15-22(23(25)16-20)19-10-13-21(24)14-11-19/h10-18H,2-9H2,1H3/t17-,18-. The molecule has 0 radical (unpaired) electrons. The van der Waals surface area contributed by atoms with E-state index in [0.29, 0.717) is 11.5 Å². The Bertz CT molecular complexity index is 669. The SMILES string of the molecule is CCCCC[C@H]1CC[C@H](c2ccc(-c3ccc(Br)cc3)c(F)c2)CC1. The van der Waals surface area contributed by atoms with Gasteiger partial charge in [-0.15, -0.1) is 0 Å². The van der Waals surface area contributed by atoms with Gasteiger partial charge in [0, 0.05) is 10.0 Å². The van der Waals surface area contributed by atoms with Gasteiger partial charge >= 0.3 is 0 Å². The molecule has 0 N–H and O–H groups in total. The molecule has 1 aliphatic carbocycles. The molecule has 0 heterocycles. The molecule has 1 saturated carbocycles. The second kappa shape index (κ2) is 8.98. The molecule has 2 aromatic carbocycles. The van der Waals surface area contributed by atoms with Crippen LogP contribution in [0.3, 0.4) is 0 Å². The van der Waals surface area contributed by atoms with Crippen LogP contribution in [0.4, 0.5) is 4.39 Å². The Morgan fingerprint density at radius 1 is 0.960 bits per heavy atom. The van der Waals surface area contributed by atoms with Crippen LogP contribution in [0.1, 0.15) is 69.8 Å². The predicted molar refractivity (Wildman–Crippen MR) is 108 cm³/mol. The number of halogens is 2. The van der Waals surface area contributed by atoms with E-state index in [-0.39, 0.29) is 5.82 Å². The fraction of sp³-hybridized carbons (Fsp3) is 0.478. The number of rotatable bonds is 6. The zero-order valence-corrected chi connectivity index (χ0v) is 16.7. The van der Waals surface area contributed by atoms with Gasteiger partial charge in [-0.2, -0.15) is 0 Å². The van der Waals surface area contributed by atoms with Crippen LogP contribution in [0.2, 0.25) is 0 Å². The van der Waals surface area contributed by atoms with Gasteiger partial charge in [-0.3, -0.25) is 0 Å². The molecule has 134 valence electrons. The van der Waals surface area contributed by atoms with Crippen molar-refractivity contribution in [3.8, 4) is 11.1 Å². The van der Waals surface area contributed by atoms with Crippen molar-refractivity contribution in [1.29, 1.82) is 0 Å². The molecule has 0 unspecified atom stereocenters. The maximum atomic E-state index is 14.7. The first-order valence-electron chi connectivity index (χ1n) is 9.72. The van der Waals surface area contributed by atoms with Gasteiger partial charge in [-0.05, 0) is 66.8 Å². The number of unbranched alkanes of at least 4 members (excludes halogenated alkanes) is 2. The first-order chi connectivity index (χ1) is 12.2. The van der Waals surface area contributed by atoms with E-state index in [0.717, 1.165) is 16.0 Å². The van der Waals surface area contributed by atoms with Gasteiger partial charge in [-0.1, -0.05) is 72.8 Å². The molecule has 0 nitrogen and oxygen atoms in total. The van der Waals surface area contributed by atoms with E-state index in [1.165, 1.54) is 56.9 Å². The molecular weight excluding hydrogens is 375 g/mol. The molecule has 3 rings (SSSR count). The average Bonchev–Trinajstić information content (AvgIpc) is 2.63. The second-order valence-electron chi connectivity index (χ2n) is 7.46. The smallest absolute Gasteiger partial charge is 0.131 e. The van der Waals surface area contributed by atoms with Crippen molar-refractivity contribution in [2.45, 2.75) is 64.2 Å². The monoisotopic (exact) mass is 402 g/mol. The maximum absolute atomic E-state index is 14.7. The fourth-order valence-corrected chi connectivity index (χ4v) is 4.38. The van der Waals surface area contributed by atoms with E-state index in [2.05, 4.69) is 28.9 Å². The zero-order valence-electron chi connectivity index (χ0n) is 15.1. The van der Waals surface area contributed by atoms with Gasteiger partial charge in [0.2, 0.25) is 0 Å². The predicted octanol–water partition coefficient (Wildman–Crippen LogP) is 8.11. The summed E-state index contributed by atoms with van der Waals surface area (Å²) in [5.74, 6) is 1.34. The van der Waals surface area contributed by atoms with Crippen molar-refractivity contribution in [2.75, 3.05) is 0 Å². The Kier molecular flexibility index (Phi) is 6.70. The fourth-order valence-electron chi connectivity index (χ4n) is 4.12. The van der Waals surface area contributed by atoms with Crippen LogP contribution >= 0.6 is 15.9 Å². The third-order valence-corrected chi connectivity index (χ3v) is 6.21. The summed E-state index contributed by atoms with van der Waals surface area (Å²) in [4.78, 5) is 0. The topological polar surface area (TPSA) is 0 Å². The summed E-state index contributed by atoms with van der Waals surface area (Å²) < 4.78 is 15.7. The van der Waals surface area contributed by atoms with Crippen LogP contribution in [0.25, 0.3) is 11.1 Å². The van der Waals surface area contributed by atoms with Crippen LogP contribution in [0.15, 0.2) is 46.9 Å². The van der Waals surface area contributed by atoms with Gasteiger partial charge in [0.15, 0.2) is 0 Å². The second-order valence-corrected chi connectivity index (χ2v) is 8.38. The molecule has 0 amide bonds. The highest BCUT2D eigenvalue weighted by Gasteiger charge is 2.22. The minimum Gasteiger partial charge on any atom is -0.206 e. The maximum Gasteiger partial charge on any atom is 0.131 e. The lowest BCUT2D eigenvalue weighted by molar-refractivity contribution is 0.302. The zero-order chi connectivity index (χ0) is 17.6. The largest absolute Gasteiger partial charge is 0.206 e. The first kappa shape index (κ1) is 18.6. The van der Waals surface area contributed by atoms with Crippen LogP contribution in [0.5, 0.6) is 0 Å². The van der Waals surface area contributed by atoms with Gasteiger partial charge in [0.1, 0.15) is 5.82 Å². The lowest BCUT2D eigenvalue weighted by atomic mass is 9.77. The van der Waals surface area contributed by atoms with Crippen molar-refractivity contribution in [3.63, 3.8) is 0 Å². The van der Waals surface area contributed by atoms with Crippen LogP contribution in [-0.2, 0) is 0 Å². The molecule has 0 saturated heterocycles. The number of hydrogen-bond acceptors (Lipinski definition) is 0. The van der Waals surface area contributed by atoms with Crippen molar-refractivity contribution >= 4 is 15.9 Å². The molecule has 0 spiro atoms. The molecule has 1 aliphatic rings. The summed E-state index contributed by atoms with van der Waals surface area (Å²) in [6, 6.07) is 13.7. The Morgan fingerprint density at radius 2 is 1.68 bits per heavy atom. The quantitative estimate of drug-likeness (QED) is 0.427. The molecule has 0 bridgehead atoms. The van der Waals surface area contributed by atoms with Crippen LogP contribution in [0, 0.1) is 11.7 Å². The summed E-state index contributed by atoms with van der Waals surface area (Å²) >= 11 is 3.43. The minimum absolute atomic E-state index is 0.0927. The minimum atomic E-state index is -0.0927. The van der Waals surface area contributed by atoms with E-state index in [1.54, 1.807) is 6.07 Å². The third-order valence-electron chi connectivity index (χ3n) is 5.68. The average molecular weight is 403 g/mol. The van der Waals surface area contributed by atoms with E-state index >= 15 is 0 Å². The molecule has 2 aromatic rings. The Morgan fingerprint density at radius 3 is 2.32 bits per heavy atom. The van der Waals surface area contributed by atoms with Crippen molar-refractivity contribution in [2.24, 2.45) is 5.92 Å². The van der Waals surface area contributed by atoms with Crippen LogP contribution < -0.4 is 0 Å². The molecule has 0 aromatic heterocycles. The molecule has 1 fully saturated rings. The normalized spacial score (nSPS) is 20.6. The summed E-state index contributed by atoms with van der Waals surface area (Å²) in [5, 5.41) is 0. The van der Waals surface area contributed by atoms with Gasteiger partial charge < -0.3 is 0 Å². The summed E-state index contributed by atoms with van der Waals surface area (Å²) in [5.41, 5.74) is 2.82. The molecule has 2 heteroatoms. The lowest BCUT2D eigenvalue weighted by Gasteiger charge is -2.29. The van der Waals surface area contributed by atoms with Crippen molar-refractivity contribution in [3.05, 3.63) is 58.3 Å². The molecule has 0 atom stereocenters. The first-order valence-corrected chi connectivity index (χ1v) is 10.5. The number of benzene rings is 2. The van der Waals surface area contributed by atoms with Crippen molar-refractivity contribution in [1.82, 2.24) is 0 Å². The molecule has 0 aliphatic heterocycles. The molecule has 25 heavy (non-hydrogen) atoms. The molecular formula is C23H28BrF. The highest BCUT2D eigenvalue weighted by atomic mass is 79.9. The number of hydrogen-bond donors (Lipinski definition) is 0. The Hall–Kier alpha value is -1.15. The highest BCUT2D eigenvalue weighted by molar-refractivity contribution is 9.10. The van der Waals surface area contributed by atoms with E-state index < -0.39 is 0 Å². The van der Waals surface area contributed by atoms with Gasteiger partial charge in [0.05, 0.1) is 0 Å². The Labute approximate surface area is 160 Å². The van der Waals surface area contributed by atoms with E-state index in [4.69, 9.17) is 0 Å². The van der Waals surface area contributed by atoms with Crippen molar-refractivity contribution < 1.29 is 4.39 Å². The van der Waals surface area contributed by atoms with Gasteiger partial charge in [0.25, 0.3) is 0 Å². The third kappa shape index (κ3) is 4.94.